The second-order valence-electron chi connectivity index (χ2n) is 6.70. The number of allylic oxidation sites excluding steroid dienone is 2. The van der Waals surface area contributed by atoms with Gasteiger partial charge in [-0.15, -0.1) is 0 Å². The van der Waals surface area contributed by atoms with Crippen molar-refractivity contribution in [1.29, 1.82) is 0 Å². The molecule has 0 saturated heterocycles. The Balaban J connectivity index is 2.30. The molecule has 0 saturated carbocycles. The van der Waals surface area contributed by atoms with E-state index in [1.807, 2.05) is 43.5 Å². The lowest BCUT2D eigenvalue weighted by Gasteiger charge is -2.37. The average molecular weight is 305 g/mol. The van der Waals surface area contributed by atoms with Crippen LogP contribution in [0.2, 0.25) is 0 Å². The molecule has 0 aromatic heterocycles. The Kier molecular flexibility index (Phi) is 6.16. The molecular formula is C19H28FNO. The third-order valence-corrected chi connectivity index (χ3v) is 4.83. The number of hydrogen-bond acceptors (Lipinski definition) is 2. The number of hydrogen-bond donors (Lipinski definition) is 2. The second kappa shape index (κ2) is 7.89. The molecule has 22 heavy (non-hydrogen) atoms. The number of rotatable bonds is 6. The molecule has 0 spiro atoms. The molecule has 0 bridgehead atoms. The first-order valence-electron chi connectivity index (χ1n) is 8.24. The van der Waals surface area contributed by atoms with Crippen LogP contribution in [0.5, 0.6) is 0 Å². The van der Waals surface area contributed by atoms with Crippen molar-refractivity contribution in [2.24, 2.45) is 17.8 Å². The van der Waals surface area contributed by atoms with Crippen LogP contribution in [0.25, 0.3) is 0 Å². The van der Waals surface area contributed by atoms with Gasteiger partial charge in [-0.3, -0.25) is 0 Å². The Morgan fingerprint density at radius 2 is 1.91 bits per heavy atom. The van der Waals surface area contributed by atoms with Crippen molar-refractivity contribution < 1.29 is 9.50 Å². The van der Waals surface area contributed by atoms with E-state index >= 15 is 0 Å². The van der Waals surface area contributed by atoms with Crippen LogP contribution in [0.4, 0.5) is 4.39 Å². The molecule has 5 atom stereocenters. The first-order valence-corrected chi connectivity index (χ1v) is 8.24. The Hall–Kier alpha value is -1.19. The summed E-state index contributed by atoms with van der Waals surface area (Å²) in [7, 11) is 1.82. The number of halogens is 1. The van der Waals surface area contributed by atoms with E-state index in [9.17, 15) is 9.50 Å². The van der Waals surface area contributed by atoms with Crippen molar-refractivity contribution in [3.8, 4) is 0 Å². The zero-order chi connectivity index (χ0) is 16.1. The minimum atomic E-state index is -0.994. The van der Waals surface area contributed by atoms with Gasteiger partial charge in [0.2, 0.25) is 0 Å². The molecule has 0 heterocycles. The smallest absolute Gasteiger partial charge is 0.122 e. The van der Waals surface area contributed by atoms with Gasteiger partial charge in [-0.1, -0.05) is 56.3 Å². The molecule has 0 radical (unpaired) electrons. The van der Waals surface area contributed by atoms with Gasteiger partial charge in [-0.2, -0.15) is 0 Å². The first kappa shape index (κ1) is 17.2. The summed E-state index contributed by atoms with van der Waals surface area (Å²) in [6.45, 7) is 4.82. The molecule has 2 N–H and O–H groups in total. The van der Waals surface area contributed by atoms with Crippen LogP contribution in [0.1, 0.15) is 31.7 Å². The first-order chi connectivity index (χ1) is 10.5. The fourth-order valence-electron chi connectivity index (χ4n) is 3.52. The lowest BCUT2D eigenvalue weighted by molar-refractivity contribution is 0.0760. The van der Waals surface area contributed by atoms with Crippen LogP contribution >= 0.6 is 0 Å². The molecule has 2 rings (SSSR count). The summed E-state index contributed by atoms with van der Waals surface area (Å²) < 4.78 is 14.6. The Morgan fingerprint density at radius 1 is 1.23 bits per heavy atom. The van der Waals surface area contributed by atoms with E-state index in [1.165, 1.54) is 0 Å². The quantitative estimate of drug-likeness (QED) is 0.788. The summed E-state index contributed by atoms with van der Waals surface area (Å²) in [6, 6.07) is 9.87. The average Bonchev–Trinajstić information content (AvgIpc) is 2.50. The molecule has 1 aromatic carbocycles. The van der Waals surface area contributed by atoms with Crippen LogP contribution in [-0.2, 0) is 0 Å². The monoisotopic (exact) mass is 305 g/mol. The lowest BCUT2D eigenvalue weighted by atomic mass is 9.70. The maximum atomic E-state index is 14.6. The maximum Gasteiger partial charge on any atom is 0.122 e. The topological polar surface area (TPSA) is 32.3 Å². The van der Waals surface area contributed by atoms with Crippen molar-refractivity contribution in [2.45, 2.75) is 38.5 Å². The predicted octanol–water partition coefficient (Wildman–Crippen LogP) is 3.54. The van der Waals surface area contributed by atoms with Gasteiger partial charge in [0.25, 0.3) is 0 Å². The van der Waals surface area contributed by atoms with Gasteiger partial charge in [-0.05, 0) is 30.9 Å². The van der Waals surface area contributed by atoms with Crippen LogP contribution in [0, 0.1) is 17.8 Å². The summed E-state index contributed by atoms with van der Waals surface area (Å²) in [5, 5.41) is 13.6. The van der Waals surface area contributed by atoms with Gasteiger partial charge in [-0.25, -0.2) is 4.39 Å². The number of nitrogens with one attached hydrogen (secondary N) is 1. The number of aliphatic hydroxyl groups excluding tert-OH is 1. The highest BCUT2D eigenvalue weighted by atomic mass is 19.1. The number of alkyl halides is 1. The van der Waals surface area contributed by atoms with Crippen LogP contribution in [0.3, 0.4) is 0 Å². The third-order valence-electron chi connectivity index (χ3n) is 4.83. The van der Waals surface area contributed by atoms with Crippen molar-refractivity contribution >= 4 is 0 Å². The molecule has 3 unspecified atom stereocenters. The van der Waals surface area contributed by atoms with E-state index < -0.39 is 12.3 Å². The van der Waals surface area contributed by atoms with E-state index in [1.54, 1.807) is 6.08 Å². The largest absolute Gasteiger partial charge is 0.391 e. The molecule has 1 aromatic rings. The van der Waals surface area contributed by atoms with Crippen molar-refractivity contribution in [2.75, 3.05) is 13.6 Å². The van der Waals surface area contributed by atoms with E-state index in [4.69, 9.17) is 0 Å². The van der Waals surface area contributed by atoms with Crippen molar-refractivity contribution in [3.63, 3.8) is 0 Å². The third kappa shape index (κ3) is 3.96. The second-order valence-corrected chi connectivity index (χ2v) is 6.70. The fourth-order valence-corrected chi connectivity index (χ4v) is 3.52. The SMILES string of the molecule is CNC[C@H](O)[C@H](c1ccccc1)C1CC(C(C)C)C=CC1F. The number of aliphatic hydroxyl groups is 1. The van der Waals surface area contributed by atoms with Crippen LogP contribution in [-0.4, -0.2) is 31.0 Å². The van der Waals surface area contributed by atoms with Gasteiger partial charge in [0, 0.05) is 18.4 Å². The molecule has 3 heteroatoms. The summed E-state index contributed by atoms with van der Waals surface area (Å²) in [5.41, 5.74) is 1.02. The van der Waals surface area contributed by atoms with Crippen molar-refractivity contribution in [1.82, 2.24) is 5.32 Å². The molecule has 1 aliphatic carbocycles. The van der Waals surface area contributed by atoms with E-state index in [2.05, 4.69) is 19.2 Å². The maximum absolute atomic E-state index is 14.6. The zero-order valence-corrected chi connectivity index (χ0v) is 13.7. The molecule has 1 aliphatic rings. The lowest BCUT2D eigenvalue weighted by Crippen LogP contribution is -2.39. The molecule has 0 fully saturated rings. The van der Waals surface area contributed by atoms with Gasteiger partial charge in [0.05, 0.1) is 6.10 Å². The summed E-state index contributed by atoms with van der Waals surface area (Å²) in [6.07, 6.45) is 2.91. The Morgan fingerprint density at radius 3 is 2.50 bits per heavy atom. The van der Waals surface area contributed by atoms with Crippen LogP contribution < -0.4 is 5.32 Å². The molecule has 122 valence electrons. The highest BCUT2D eigenvalue weighted by Gasteiger charge is 2.38. The zero-order valence-electron chi connectivity index (χ0n) is 13.7. The highest BCUT2D eigenvalue weighted by Crippen LogP contribution is 2.41. The van der Waals surface area contributed by atoms with Gasteiger partial charge in [0.1, 0.15) is 6.17 Å². The van der Waals surface area contributed by atoms with Gasteiger partial charge in [0.15, 0.2) is 0 Å². The predicted molar refractivity (Wildman–Crippen MR) is 89.6 cm³/mol. The highest BCUT2D eigenvalue weighted by molar-refractivity contribution is 5.24. The summed E-state index contributed by atoms with van der Waals surface area (Å²) in [4.78, 5) is 0. The summed E-state index contributed by atoms with van der Waals surface area (Å²) in [5.74, 6) is 0.507. The normalized spacial score (nSPS) is 27.8. The number of likely N-dealkylation sites (N-methyl/N-ethyl adjacent to an activating group) is 1. The minimum absolute atomic E-state index is 0.178. The number of benzene rings is 1. The Labute approximate surface area is 133 Å². The van der Waals surface area contributed by atoms with Gasteiger partial charge < -0.3 is 10.4 Å². The Bertz CT molecular complexity index is 474. The van der Waals surface area contributed by atoms with Crippen LogP contribution in [0.15, 0.2) is 42.5 Å². The van der Waals surface area contributed by atoms with E-state index in [-0.39, 0.29) is 11.8 Å². The molecule has 0 aliphatic heterocycles. The molecule has 0 amide bonds. The standard InChI is InChI=1S/C19H28FNO/c1-13(2)15-9-10-17(20)16(11-15)19(18(22)12-21-3)14-7-5-4-6-8-14/h4-10,13,15-19,21-22H,11-12H2,1-3H3/t15?,16?,17?,18-,19+/m0/s1. The van der Waals surface area contributed by atoms with E-state index in [0.717, 1.165) is 12.0 Å². The minimum Gasteiger partial charge on any atom is -0.391 e. The van der Waals surface area contributed by atoms with Gasteiger partial charge >= 0.3 is 0 Å². The van der Waals surface area contributed by atoms with E-state index in [0.29, 0.717) is 18.4 Å². The molecular weight excluding hydrogens is 277 g/mol. The fraction of sp³-hybridized carbons (Fsp3) is 0.579. The van der Waals surface area contributed by atoms with Crippen molar-refractivity contribution in [3.05, 3.63) is 48.0 Å². The summed E-state index contributed by atoms with van der Waals surface area (Å²) >= 11 is 0. The molecule has 2 nitrogen and oxygen atoms in total.